The van der Waals surface area contributed by atoms with Crippen molar-refractivity contribution in [2.75, 3.05) is 30.4 Å². The number of pyridine rings is 1. The fraction of sp³-hybridized carbons (Fsp3) is 0.476. The van der Waals surface area contributed by atoms with Crippen LogP contribution in [0.1, 0.15) is 32.4 Å². The first-order chi connectivity index (χ1) is 14.8. The molecule has 2 atom stereocenters. The lowest BCUT2D eigenvalue weighted by molar-refractivity contribution is 0.0985. The number of anilines is 1. The number of halogens is 1. The number of aromatic amines is 1. The Balaban J connectivity index is 1.75. The Morgan fingerprint density at radius 1 is 1.29 bits per heavy atom. The number of rotatable bonds is 3. The third kappa shape index (κ3) is 3.39. The van der Waals surface area contributed by atoms with Crippen molar-refractivity contribution in [1.82, 2.24) is 19.9 Å². The van der Waals surface area contributed by atoms with E-state index < -0.39 is 14.6 Å². The topological polar surface area (TPSA) is 101 Å². The predicted octanol–water partition coefficient (Wildman–Crippen LogP) is 3.32. The number of morpholine rings is 1. The highest BCUT2D eigenvalue weighted by Gasteiger charge is 2.46. The van der Waals surface area contributed by atoms with Crippen LogP contribution < -0.4 is 4.90 Å². The van der Waals surface area contributed by atoms with Gasteiger partial charge in [-0.2, -0.15) is 0 Å². The van der Waals surface area contributed by atoms with Crippen molar-refractivity contribution in [3.05, 3.63) is 35.2 Å². The molecule has 31 heavy (non-hydrogen) atoms. The van der Waals surface area contributed by atoms with Crippen LogP contribution in [-0.4, -0.2) is 59.9 Å². The van der Waals surface area contributed by atoms with Crippen molar-refractivity contribution in [2.24, 2.45) is 0 Å². The van der Waals surface area contributed by atoms with Gasteiger partial charge in [0.2, 0.25) is 0 Å². The Bertz CT molecular complexity index is 1260. The van der Waals surface area contributed by atoms with Crippen molar-refractivity contribution < 1.29 is 13.2 Å². The van der Waals surface area contributed by atoms with Crippen LogP contribution in [0, 0.1) is 0 Å². The molecule has 8 nitrogen and oxygen atoms in total. The fourth-order valence-corrected chi connectivity index (χ4v) is 6.55. The van der Waals surface area contributed by atoms with Crippen molar-refractivity contribution in [1.29, 1.82) is 0 Å². The second kappa shape index (κ2) is 7.43. The zero-order valence-electron chi connectivity index (χ0n) is 17.4. The number of nitrogens with zero attached hydrogens (tertiary/aromatic N) is 4. The second-order valence-electron chi connectivity index (χ2n) is 8.44. The lowest BCUT2D eigenvalue weighted by Crippen LogP contribution is -2.44. The molecule has 0 spiro atoms. The minimum absolute atomic E-state index is 0.116. The molecule has 0 aliphatic carbocycles. The Kier molecular flexibility index (Phi) is 4.95. The molecule has 0 radical (unpaired) electrons. The normalized spacial score (nSPS) is 25.9. The Hall–Kier alpha value is -2.23. The van der Waals surface area contributed by atoms with E-state index in [-0.39, 0.29) is 11.8 Å². The number of nitrogens with one attached hydrogen (secondary N) is 1. The van der Waals surface area contributed by atoms with Gasteiger partial charge in [0.15, 0.2) is 15.7 Å². The molecule has 0 aromatic carbocycles. The predicted molar refractivity (Wildman–Crippen MR) is 120 cm³/mol. The number of H-pyrrole nitrogens is 1. The lowest BCUT2D eigenvalue weighted by Gasteiger charge is -2.35. The second-order valence-corrected chi connectivity index (χ2v) is 11.4. The first-order valence-electron chi connectivity index (χ1n) is 10.4. The number of aromatic nitrogens is 4. The molecule has 3 aromatic heterocycles. The van der Waals surface area contributed by atoms with Gasteiger partial charge in [-0.05, 0) is 38.8 Å². The molecule has 10 heteroatoms. The Morgan fingerprint density at radius 3 is 2.87 bits per heavy atom. The van der Waals surface area contributed by atoms with Gasteiger partial charge in [-0.3, -0.25) is 0 Å². The molecule has 2 aliphatic heterocycles. The van der Waals surface area contributed by atoms with Gasteiger partial charge in [0.05, 0.1) is 30.7 Å². The minimum atomic E-state index is -3.32. The zero-order chi connectivity index (χ0) is 21.8. The van der Waals surface area contributed by atoms with Gasteiger partial charge in [-0.1, -0.05) is 11.6 Å². The van der Waals surface area contributed by atoms with Crippen LogP contribution in [0.5, 0.6) is 0 Å². The third-order valence-corrected chi connectivity index (χ3v) is 9.21. The number of hydrogen-bond donors (Lipinski definition) is 1. The Morgan fingerprint density at radius 2 is 2.13 bits per heavy atom. The number of hydrogen-bond acceptors (Lipinski definition) is 7. The van der Waals surface area contributed by atoms with Crippen LogP contribution >= 0.6 is 11.6 Å². The van der Waals surface area contributed by atoms with Crippen molar-refractivity contribution in [3.8, 4) is 11.4 Å². The maximum Gasteiger partial charge on any atom is 0.162 e. The van der Waals surface area contributed by atoms with E-state index in [9.17, 15) is 8.42 Å². The highest BCUT2D eigenvalue weighted by molar-refractivity contribution is 7.92. The summed E-state index contributed by atoms with van der Waals surface area (Å²) in [6, 6.07) is 5.58. The van der Waals surface area contributed by atoms with Crippen LogP contribution in [-0.2, 0) is 19.3 Å². The van der Waals surface area contributed by atoms with Crippen LogP contribution in [0.15, 0.2) is 24.4 Å². The summed E-state index contributed by atoms with van der Waals surface area (Å²) >= 11 is 6.27. The van der Waals surface area contributed by atoms with Gasteiger partial charge in [0.25, 0.3) is 0 Å². The molecular formula is C21H24ClN5O3S. The standard InChI is InChI=1S/C21H24ClN5O3S/c1-13-12-30-8-7-27(13)18-11-16(21(2)5-3-9-31(21,28)29)24-20(26-18)15-10-17(22)25-19-14(15)4-6-23-19/h4,6,10-11,13H,3,5,7-9,12H2,1-2H3,(H,23,25)/t13-,21?/m1/s1. The van der Waals surface area contributed by atoms with Gasteiger partial charge in [0, 0.05) is 29.8 Å². The number of ether oxygens (including phenoxy) is 1. The molecule has 1 unspecified atom stereocenters. The van der Waals surface area contributed by atoms with Crippen LogP contribution in [0.4, 0.5) is 5.82 Å². The Labute approximate surface area is 185 Å². The summed E-state index contributed by atoms with van der Waals surface area (Å²) < 4.78 is 30.5. The summed E-state index contributed by atoms with van der Waals surface area (Å²) in [4.78, 5) is 19.2. The summed E-state index contributed by atoms with van der Waals surface area (Å²) in [6.07, 6.45) is 2.96. The molecule has 2 fully saturated rings. The molecular weight excluding hydrogens is 438 g/mol. The molecule has 5 heterocycles. The highest BCUT2D eigenvalue weighted by Crippen LogP contribution is 2.42. The maximum atomic E-state index is 13.0. The smallest absolute Gasteiger partial charge is 0.162 e. The van der Waals surface area contributed by atoms with E-state index in [4.69, 9.17) is 26.3 Å². The van der Waals surface area contributed by atoms with Crippen molar-refractivity contribution >= 4 is 38.3 Å². The summed E-state index contributed by atoms with van der Waals surface area (Å²) in [7, 11) is -3.32. The molecule has 0 saturated carbocycles. The molecule has 2 saturated heterocycles. The summed E-state index contributed by atoms with van der Waals surface area (Å²) in [5.41, 5.74) is 1.89. The first-order valence-corrected chi connectivity index (χ1v) is 12.4. The van der Waals surface area contributed by atoms with Gasteiger partial charge >= 0.3 is 0 Å². The molecule has 0 bridgehead atoms. The van der Waals surface area contributed by atoms with Crippen molar-refractivity contribution in [2.45, 2.75) is 37.5 Å². The first kappa shape index (κ1) is 20.7. The molecule has 5 rings (SSSR count). The third-order valence-electron chi connectivity index (χ3n) is 6.41. The molecule has 2 aliphatic rings. The van der Waals surface area contributed by atoms with Gasteiger partial charge in [-0.15, -0.1) is 0 Å². The fourth-order valence-electron chi connectivity index (χ4n) is 4.50. The average molecular weight is 462 g/mol. The van der Waals surface area contributed by atoms with E-state index in [0.717, 1.165) is 10.9 Å². The van der Waals surface area contributed by atoms with Crippen LogP contribution in [0.25, 0.3) is 22.4 Å². The maximum absolute atomic E-state index is 13.0. The largest absolute Gasteiger partial charge is 0.377 e. The van der Waals surface area contributed by atoms with E-state index in [1.807, 2.05) is 12.1 Å². The lowest BCUT2D eigenvalue weighted by atomic mass is 10.0. The number of sulfone groups is 1. The zero-order valence-corrected chi connectivity index (χ0v) is 19.0. The average Bonchev–Trinajstić information content (AvgIpc) is 3.31. The summed E-state index contributed by atoms with van der Waals surface area (Å²) in [6.45, 7) is 5.71. The van der Waals surface area contributed by atoms with E-state index in [1.165, 1.54) is 0 Å². The number of fused-ring (bicyclic) bond motifs is 1. The van der Waals surface area contributed by atoms with Gasteiger partial charge < -0.3 is 14.6 Å². The van der Waals surface area contributed by atoms with E-state index in [1.54, 1.807) is 19.2 Å². The quantitative estimate of drug-likeness (QED) is 0.597. The van der Waals surface area contributed by atoms with E-state index in [2.05, 4.69) is 21.8 Å². The van der Waals surface area contributed by atoms with Crippen LogP contribution in [0.3, 0.4) is 0 Å². The molecule has 0 amide bonds. The SMILES string of the molecule is C[C@@H]1COCCN1c1cc(C2(C)CCCS2(=O)=O)nc(-c2cc(Cl)nc3[nH]ccc23)n1. The van der Waals surface area contributed by atoms with E-state index in [0.29, 0.717) is 60.7 Å². The molecule has 3 aromatic rings. The van der Waals surface area contributed by atoms with E-state index >= 15 is 0 Å². The van der Waals surface area contributed by atoms with Gasteiger partial charge in [0.1, 0.15) is 21.4 Å². The van der Waals surface area contributed by atoms with Crippen LogP contribution in [0.2, 0.25) is 5.15 Å². The minimum Gasteiger partial charge on any atom is -0.377 e. The molecule has 1 N–H and O–H groups in total. The molecule has 164 valence electrons. The summed E-state index contributed by atoms with van der Waals surface area (Å²) in [5, 5.41) is 1.15. The highest BCUT2D eigenvalue weighted by atomic mass is 35.5. The summed E-state index contributed by atoms with van der Waals surface area (Å²) in [5.74, 6) is 1.33. The van der Waals surface area contributed by atoms with Gasteiger partial charge in [-0.25, -0.2) is 23.4 Å². The van der Waals surface area contributed by atoms with Crippen molar-refractivity contribution in [3.63, 3.8) is 0 Å². The monoisotopic (exact) mass is 461 g/mol.